The zero-order valence-electron chi connectivity index (χ0n) is 22.3. The van der Waals surface area contributed by atoms with Gasteiger partial charge in [-0.05, 0) is 73.2 Å². The molecule has 0 aliphatic carbocycles. The maximum Gasteiger partial charge on any atom is 0.133 e. The molecule has 0 aliphatic heterocycles. The van der Waals surface area contributed by atoms with Crippen LogP contribution in [-0.4, -0.2) is 13.2 Å². The number of unbranched alkanes of at least 4 members (excludes halogenated alkanes) is 7. The predicted octanol–water partition coefficient (Wildman–Crippen LogP) is 7.91. The van der Waals surface area contributed by atoms with Crippen molar-refractivity contribution in [3.8, 4) is 35.8 Å². The molecule has 0 bridgehead atoms. The van der Waals surface area contributed by atoms with Crippen molar-refractivity contribution < 1.29 is 9.47 Å². The first kappa shape index (κ1) is 29.7. The van der Waals surface area contributed by atoms with Gasteiger partial charge in [-0.25, -0.2) is 0 Å². The van der Waals surface area contributed by atoms with Crippen molar-refractivity contribution >= 4 is 11.1 Å². The fourth-order valence-corrected chi connectivity index (χ4v) is 3.92. The molecular weight excluding hydrogens is 472 g/mol. The Balaban J connectivity index is 1.50. The van der Waals surface area contributed by atoms with Crippen LogP contribution in [0.5, 0.6) is 11.5 Å². The van der Waals surface area contributed by atoms with Gasteiger partial charge < -0.3 is 9.47 Å². The van der Waals surface area contributed by atoms with Crippen LogP contribution >= 0.6 is 0 Å². The van der Waals surface area contributed by atoms with Crippen molar-refractivity contribution in [3.63, 3.8) is 0 Å². The number of rotatable bonds is 15. The Morgan fingerprint density at radius 1 is 0.500 bits per heavy atom. The van der Waals surface area contributed by atoms with E-state index in [1.54, 1.807) is 13.8 Å². The summed E-state index contributed by atoms with van der Waals surface area (Å²) in [6.07, 6.45) is 9.18. The van der Waals surface area contributed by atoms with Crippen LogP contribution in [0.1, 0.15) is 76.3 Å². The Bertz CT molecular complexity index is 1130. The molecule has 38 heavy (non-hydrogen) atoms. The van der Waals surface area contributed by atoms with Gasteiger partial charge in [-0.3, -0.25) is 0 Å². The number of allylic oxidation sites excluding steroid dienone is 4. The van der Waals surface area contributed by atoms with E-state index in [0.717, 1.165) is 48.3 Å². The summed E-state index contributed by atoms with van der Waals surface area (Å²) < 4.78 is 11.6. The van der Waals surface area contributed by atoms with Crippen LogP contribution in [-0.2, 0) is 0 Å². The van der Waals surface area contributed by atoms with E-state index in [1.165, 1.54) is 25.7 Å². The van der Waals surface area contributed by atoms with E-state index >= 15 is 0 Å². The van der Waals surface area contributed by atoms with Crippen molar-refractivity contribution in [1.82, 2.24) is 0 Å². The molecule has 0 fully saturated rings. The predicted molar refractivity (Wildman–Crippen MR) is 148 cm³/mol. The summed E-state index contributed by atoms with van der Waals surface area (Å²) in [5.74, 6) is 1.60. The highest BCUT2D eigenvalue weighted by atomic mass is 16.5. The third-order valence-electron chi connectivity index (χ3n) is 6.35. The SMILES string of the molecule is CC(=C(C#N)C#N)c1ccc(OCCCCCCCCCCOc2ccc(C(C)=C(C#N)C#N)cc2)cc1. The molecule has 194 valence electrons. The zero-order valence-corrected chi connectivity index (χ0v) is 22.3. The van der Waals surface area contributed by atoms with Gasteiger partial charge in [0.1, 0.15) is 46.9 Å². The Labute approximate surface area is 226 Å². The summed E-state index contributed by atoms with van der Waals surface area (Å²) in [7, 11) is 0. The topological polar surface area (TPSA) is 114 Å². The molecule has 6 nitrogen and oxygen atoms in total. The molecule has 2 rings (SSSR count). The van der Waals surface area contributed by atoms with Crippen LogP contribution in [0, 0.1) is 45.3 Å². The van der Waals surface area contributed by atoms with E-state index in [0.29, 0.717) is 24.4 Å². The zero-order chi connectivity index (χ0) is 27.6. The van der Waals surface area contributed by atoms with Crippen LogP contribution in [0.15, 0.2) is 59.7 Å². The van der Waals surface area contributed by atoms with Gasteiger partial charge in [-0.1, -0.05) is 62.8 Å². The summed E-state index contributed by atoms with van der Waals surface area (Å²) in [5.41, 5.74) is 3.33. The van der Waals surface area contributed by atoms with Gasteiger partial charge in [0, 0.05) is 0 Å². The summed E-state index contributed by atoms with van der Waals surface area (Å²) in [6, 6.07) is 22.7. The van der Waals surface area contributed by atoms with E-state index in [-0.39, 0.29) is 11.1 Å². The van der Waals surface area contributed by atoms with E-state index in [1.807, 2.05) is 72.8 Å². The molecule has 0 saturated carbocycles. The molecular formula is C32H34N4O2. The fourth-order valence-electron chi connectivity index (χ4n) is 3.92. The normalized spacial score (nSPS) is 9.74. The number of ether oxygens (including phenoxy) is 2. The molecule has 0 aromatic heterocycles. The highest BCUT2D eigenvalue weighted by Crippen LogP contribution is 2.22. The first-order chi connectivity index (χ1) is 18.5. The lowest BCUT2D eigenvalue weighted by Gasteiger charge is -2.08. The monoisotopic (exact) mass is 506 g/mol. The second-order valence-electron chi connectivity index (χ2n) is 9.02. The molecule has 0 aliphatic rings. The van der Waals surface area contributed by atoms with Gasteiger partial charge in [0.2, 0.25) is 0 Å². The molecule has 0 amide bonds. The summed E-state index contributed by atoms with van der Waals surface area (Å²) in [6.45, 7) is 4.92. The maximum atomic E-state index is 8.99. The molecule has 0 N–H and O–H groups in total. The average Bonchev–Trinajstić information content (AvgIpc) is 2.95. The molecule has 0 unspecified atom stereocenters. The standard InChI is InChI=1S/C32H34N4O2/c1-25(29(21-33)22-34)27-11-15-31(16-12-27)37-19-9-7-5-3-4-6-8-10-20-38-32-17-13-28(14-18-32)26(2)30(23-35)24-36/h11-18H,3-10,19-20H2,1-2H3. The van der Waals surface area contributed by atoms with Crippen molar-refractivity contribution in [2.24, 2.45) is 0 Å². The minimum absolute atomic E-state index is 0.132. The Morgan fingerprint density at radius 3 is 1.08 bits per heavy atom. The molecule has 0 saturated heterocycles. The quantitative estimate of drug-likeness (QED) is 0.179. The van der Waals surface area contributed by atoms with Crippen LogP contribution in [0.25, 0.3) is 11.1 Å². The minimum Gasteiger partial charge on any atom is -0.494 e. The number of hydrogen-bond donors (Lipinski definition) is 0. The first-order valence-corrected chi connectivity index (χ1v) is 13.0. The molecule has 0 atom stereocenters. The minimum atomic E-state index is 0.132. The lowest BCUT2D eigenvalue weighted by molar-refractivity contribution is 0.301. The second kappa shape index (κ2) is 17.0. The lowest BCUT2D eigenvalue weighted by Crippen LogP contribution is -1.98. The van der Waals surface area contributed by atoms with Gasteiger partial charge in [0.25, 0.3) is 0 Å². The van der Waals surface area contributed by atoms with Gasteiger partial charge >= 0.3 is 0 Å². The first-order valence-electron chi connectivity index (χ1n) is 13.0. The van der Waals surface area contributed by atoms with Gasteiger partial charge in [0.05, 0.1) is 13.2 Å². The third-order valence-corrected chi connectivity index (χ3v) is 6.35. The fraction of sp³-hybridized carbons (Fsp3) is 0.375. The molecule has 0 spiro atoms. The molecule has 0 radical (unpaired) electrons. The third kappa shape index (κ3) is 9.85. The molecule has 0 heterocycles. The highest BCUT2D eigenvalue weighted by Gasteiger charge is 2.05. The Kier molecular flexibility index (Phi) is 13.3. The van der Waals surface area contributed by atoms with Crippen LogP contribution in [0.2, 0.25) is 0 Å². The van der Waals surface area contributed by atoms with E-state index in [4.69, 9.17) is 30.5 Å². The Hall–Kier alpha value is -4.52. The van der Waals surface area contributed by atoms with E-state index in [9.17, 15) is 0 Å². The number of benzene rings is 2. The lowest BCUT2D eigenvalue weighted by atomic mass is 10.0. The summed E-state index contributed by atoms with van der Waals surface area (Å²) in [5, 5.41) is 36.0. The van der Waals surface area contributed by atoms with Crippen LogP contribution < -0.4 is 9.47 Å². The van der Waals surface area contributed by atoms with Crippen LogP contribution in [0.4, 0.5) is 0 Å². The molecule has 2 aromatic carbocycles. The summed E-state index contributed by atoms with van der Waals surface area (Å²) in [4.78, 5) is 0. The Morgan fingerprint density at radius 2 is 0.789 bits per heavy atom. The van der Waals surface area contributed by atoms with Crippen molar-refractivity contribution in [2.75, 3.05) is 13.2 Å². The van der Waals surface area contributed by atoms with Crippen molar-refractivity contribution in [1.29, 1.82) is 21.0 Å². The second-order valence-corrected chi connectivity index (χ2v) is 9.02. The van der Waals surface area contributed by atoms with Crippen LogP contribution in [0.3, 0.4) is 0 Å². The van der Waals surface area contributed by atoms with Crippen molar-refractivity contribution in [3.05, 3.63) is 70.8 Å². The number of hydrogen-bond acceptors (Lipinski definition) is 6. The average molecular weight is 507 g/mol. The highest BCUT2D eigenvalue weighted by molar-refractivity contribution is 5.74. The van der Waals surface area contributed by atoms with Gasteiger partial charge in [-0.2, -0.15) is 21.0 Å². The van der Waals surface area contributed by atoms with Gasteiger partial charge in [-0.15, -0.1) is 0 Å². The maximum absolute atomic E-state index is 8.99. The van der Waals surface area contributed by atoms with E-state index < -0.39 is 0 Å². The number of nitrogens with zero attached hydrogens (tertiary/aromatic N) is 4. The smallest absolute Gasteiger partial charge is 0.133 e. The van der Waals surface area contributed by atoms with E-state index in [2.05, 4.69) is 0 Å². The molecule has 6 heteroatoms. The summed E-state index contributed by atoms with van der Waals surface area (Å²) >= 11 is 0. The molecule has 2 aromatic rings. The largest absolute Gasteiger partial charge is 0.494 e. The number of nitriles is 4. The van der Waals surface area contributed by atoms with Gasteiger partial charge in [0.15, 0.2) is 0 Å². The van der Waals surface area contributed by atoms with Crippen molar-refractivity contribution in [2.45, 2.75) is 65.2 Å².